The summed E-state index contributed by atoms with van der Waals surface area (Å²) in [6.07, 6.45) is 9.40. The lowest BCUT2D eigenvalue weighted by atomic mass is 10.1. The van der Waals surface area contributed by atoms with Crippen LogP contribution >= 0.6 is 0 Å². The van der Waals surface area contributed by atoms with Crippen LogP contribution in [0.4, 0.5) is 11.4 Å². The van der Waals surface area contributed by atoms with Gasteiger partial charge in [-0.05, 0) is 42.5 Å². The summed E-state index contributed by atoms with van der Waals surface area (Å²) in [5, 5.41) is 8.70. The van der Waals surface area contributed by atoms with E-state index in [0.717, 1.165) is 24.3 Å². The lowest BCUT2D eigenvalue weighted by Gasteiger charge is -2.14. The molecule has 1 unspecified atom stereocenters. The van der Waals surface area contributed by atoms with E-state index in [2.05, 4.69) is 10.2 Å². The second kappa shape index (κ2) is 13.1. The standard InChI is InChI=1S/C25H22N6O14S4/c26-22-20(24(32)30(28-22)14-8-16(46(34,35)36)12-17(9-14)47(37,38)39)6-4-2-1-3-5-7-21-23(27)29-31(25(21)33)15-10-18(48(40,41)42)13-19(11-15)49(43,44)45/h1-13,20H,(H2,26,28)(H2,27,29)(H,34,35,36)(H,37,38,39)(H,40,41,42)(H,43,44,45)/b2-1+,5-3+,6-4+,21-7-. The van der Waals surface area contributed by atoms with Gasteiger partial charge in [0.15, 0.2) is 5.84 Å². The first kappa shape index (κ1) is 36.8. The van der Waals surface area contributed by atoms with Crippen LogP contribution in [0.3, 0.4) is 0 Å². The van der Waals surface area contributed by atoms with Crippen molar-refractivity contribution in [2.45, 2.75) is 19.6 Å². The number of nitrogens with zero attached hydrogens (tertiary/aromatic N) is 4. The molecule has 49 heavy (non-hydrogen) atoms. The zero-order chi connectivity index (χ0) is 36.7. The predicted octanol–water partition coefficient (Wildman–Crippen LogP) is -0.178. The van der Waals surface area contributed by atoms with Gasteiger partial charge in [-0.1, -0.05) is 36.5 Å². The Morgan fingerprint density at radius 3 is 1.45 bits per heavy atom. The highest BCUT2D eigenvalue weighted by Gasteiger charge is 2.35. The van der Waals surface area contributed by atoms with Gasteiger partial charge >= 0.3 is 0 Å². The van der Waals surface area contributed by atoms with E-state index in [-0.39, 0.29) is 17.2 Å². The molecule has 2 heterocycles. The zero-order valence-electron chi connectivity index (χ0n) is 24.0. The molecule has 0 radical (unpaired) electrons. The average Bonchev–Trinajstić information content (AvgIpc) is 3.43. The second-order valence-corrected chi connectivity index (χ2v) is 15.4. The van der Waals surface area contributed by atoms with Crippen molar-refractivity contribution < 1.29 is 61.5 Å². The Morgan fingerprint density at radius 1 is 0.592 bits per heavy atom. The van der Waals surface area contributed by atoms with E-state index < -0.39 is 89.2 Å². The molecule has 2 aromatic rings. The molecule has 0 bridgehead atoms. The Morgan fingerprint density at radius 2 is 1.00 bits per heavy atom. The first-order chi connectivity index (χ1) is 22.5. The summed E-state index contributed by atoms with van der Waals surface area (Å²) in [4.78, 5) is 22.1. The van der Waals surface area contributed by atoms with Gasteiger partial charge in [0.1, 0.15) is 11.8 Å². The van der Waals surface area contributed by atoms with Gasteiger partial charge in [0.25, 0.3) is 52.3 Å². The van der Waals surface area contributed by atoms with Crippen molar-refractivity contribution >= 4 is 75.3 Å². The highest BCUT2D eigenvalue weighted by molar-refractivity contribution is 7.87. The lowest BCUT2D eigenvalue weighted by Crippen LogP contribution is -2.28. The maximum absolute atomic E-state index is 12.9. The van der Waals surface area contributed by atoms with Gasteiger partial charge in [0.2, 0.25) is 0 Å². The number of nitrogens with two attached hydrogens (primary N) is 2. The highest BCUT2D eigenvalue weighted by atomic mass is 32.2. The fourth-order valence-electron chi connectivity index (χ4n) is 4.09. The van der Waals surface area contributed by atoms with Gasteiger partial charge in [-0.2, -0.15) is 48.8 Å². The van der Waals surface area contributed by atoms with Crippen LogP contribution in [-0.4, -0.2) is 75.4 Å². The molecule has 0 spiro atoms. The quantitative estimate of drug-likeness (QED) is 0.104. The molecule has 2 aromatic carbocycles. The molecule has 24 heteroatoms. The molecule has 4 rings (SSSR count). The van der Waals surface area contributed by atoms with Crippen LogP contribution in [0.25, 0.3) is 0 Å². The molecular formula is C25H22N6O14S4. The van der Waals surface area contributed by atoms with E-state index in [1.165, 1.54) is 42.5 Å². The molecule has 1 atom stereocenters. The van der Waals surface area contributed by atoms with Gasteiger partial charge in [-0.25, -0.2) is 0 Å². The first-order valence-electron chi connectivity index (χ1n) is 12.8. The van der Waals surface area contributed by atoms with Crippen molar-refractivity contribution in [1.29, 1.82) is 0 Å². The highest BCUT2D eigenvalue weighted by Crippen LogP contribution is 2.30. The lowest BCUT2D eigenvalue weighted by molar-refractivity contribution is -0.118. The number of anilines is 2. The molecule has 2 aliphatic rings. The average molecular weight is 759 g/mol. The summed E-state index contributed by atoms with van der Waals surface area (Å²) in [5.74, 6) is -3.59. The number of hydrogen-bond donors (Lipinski definition) is 6. The number of benzene rings is 2. The molecule has 260 valence electrons. The van der Waals surface area contributed by atoms with Crippen LogP contribution in [0.5, 0.6) is 0 Å². The Kier molecular flexibility index (Phi) is 9.81. The fraction of sp³-hybridized carbons (Fsp3) is 0.0400. The van der Waals surface area contributed by atoms with Crippen molar-refractivity contribution in [3.63, 3.8) is 0 Å². The number of carbonyl (C=O) groups is 2. The number of amides is 2. The number of hydrazone groups is 2. The molecule has 0 saturated carbocycles. The summed E-state index contributed by atoms with van der Waals surface area (Å²) in [6, 6.07) is 3.88. The molecule has 0 aromatic heterocycles. The summed E-state index contributed by atoms with van der Waals surface area (Å²) in [7, 11) is -19.9. The largest absolute Gasteiger partial charge is 0.385 e. The third kappa shape index (κ3) is 8.32. The van der Waals surface area contributed by atoms with Gasteiger partial charge in [-0.3, -0.25) is 27.8 Å². The molecule has 20 nitrogen and oxygen atoms in total. The monoisotopic (exact) mass is 758 g/mol. The Balaban J connectivity index is 1.48. The minimum absolute atomic E-state index is 0.207. The minimum Gasteiger partial charge on any atom is -0.385 e. The molecule has 0 aliphatic carbocycles. The molecule has 8 N–H and O–H groups in total. The van der Waals surface area contributed by atoms with E-state index in [0.29, 0.717) is 22.2 Å². The Labute approximate surface area is 277 Å². The van der Waals surface area contributed by atoms with Crippen molar-refractivity contribution in [2.24, 2.45) is 27.6 Å². The van der Waals surface area contributed by atoms with Crippen molar-refractivity contribution in [2.75, 3.05) is 10.0 Å². The van der Waals surface area contributed by atoms with E-state index in [1.807, 2.05) is 0 Å². The summed E-state index contributed by atoms with van der Waals surface area (Å²) in [6.45, 7) is 0. The topological polar surface area (TPSA) is 335 Å². The SMILES string of the molecule is NC1=NN(c2cc(S(=O)(=O)O)cc(S(=O)(=O)O)c2)C(=O)\C1=C/C=C/C=C/C=C/C1C(=O)N(c2cc(S(=O)(=O)O)cc(S(=O)(=O)O)c2)N=C1N. The Bertz CT molecular complexity index is 2310. The zero-order valence-corrected chi connectivity index (χ0v) is 27.3. The Hall–Kier alpha value is -5.08. The predicted molar refractivity (Wildman–Crippen MR) is 169 cm³/mol. The van der Waals surface area contributed by atoms with Crippen LogP contribution in [-0.2, 0) is 50.1 Å². The van der Waals surface area contributed by atoms with Crippen LogP contribution < -0.4 is 21.5 Å². The number of amidine groups is 2. The summed E-state index contributed by atoms with van der Waals surface area (Å²) in [5.41, 5.74) is 10.5. The summed E-state index contributed by atoms with van der Waals surface area (Å²) < 4.78 is 130. The molecule has 2 aliphatic heterocycles. The van der Waals surface area contributed by atoms with E-state index in [1.54, 1.807) is 0 Å². The second-order valence-electron chi connectivity index (χ2n) is 9.72. The van der Waals surface area contributed by atoms with E-state index in [9.17, 15) is 61.5 Å². The first-order valence-corrected chi connectivity index (χ1v) is 18.5. The molecule has 2 amide bonds. The minimum atomic E-state index is -4.97. The van der Waals surface area contributed by atoms with Crippen LogP contribution in [0.1, 0.15) is 0 Å². The number of hydrogen-bond acceptors (Lipinski definition) is 14. The number of allylic oxidation sites excluding steroid dienone is 6. The van der Waals surface area contributed by atoms with Gasteiger partial charge in [-0.15, -0.1) is 5.10 Å². The van der Waals surface area contributed by atoms with E-state index in [4.69, 9.17) is 11.5 Å². The van der Waals surface area contributed by atoms with Crippen molar-refractivity contribution in [3.05, 3.63) is 84.5 Å². The van der Waals surface area contributed by atoms with Crippen molar-refractivity contribution in [1.82, 2.24) is 0 Å². The molecular weight excluding hydrogens is 737 g/mol. The van der Waals surface area contributed by atoms with Crippen LogP contribution in [0, 0.1) is 5.92 Å². The molecule has 0 saturated heterocycles. The third-order valence-corrected chi connectivity index (χ3v) is 9.66. The number of rotatable bonds is 10. The van der Waals surface area contributed by atoms with Crippen molar-refractivity contribution in [3.8, 4) is 0 Å². The van der Waals surface area contributed by atoms with Gasteiger partial charge in [0.05, 0.1) is 36.5 Å². The number of carbonyl (C=O) groups excluding carboxylic acids is 2. The van der Waals surface area contributed by atoms with Crippen LogP contribution in [0.15, 0.2) is 114 Å². The smallest absolute Gasteiger partial charge is 0.294 e. The van der Waals surface area contributed by atoms with Crippen LogP contribution in [0.2, 0.25) is 0 Å². The fourth-order valence-corrected chi connectivity index (χ4v) is 6.42. The third-order valence-electron chi connectivity index (χ3n) is 6.34. The maximum atomic E-state index is 12.9. The van der Waals surface area contributed by atoms with Gasteiger partial charge < -0.3 is 11.5 Å². The molecule has 0 fully saturated rings. The summed E-state index contributed by atoms with van der Waals surface area (Å²) >= 11 is 0. The van der Waals surface area contributed by atoms with Gasteiger partial charge in [0, 0.05) is 0 Å². The van der Waals surface area contributed by atoms with E-state index >= 15 is 0 Å². The maximum Gasteiger partial charge on any atom is 0.294 e. The normalized spacial score (nSPS) is 18.9.